The summed E-state index contributed by atoms with van der Waals surface area (Å²) in [5, 5.41) is 2.97. The van der Waals surface area contributed by atoms with Crippen molar-refractivity contribution < 1.29 is 13.9 Å². The van der Waals surface area contributed by atoms with Gasteiger partial charge in [0.25, 0.3) is 5.91 Å². The van der Waals surface area contributed by atoms with Gasteiger partial charge in [0.05, 0.1) is 6.10 Å². The maximum Gasteiger partial charge on any atom is 0.251 e. The Morgan fingerprint density at radius 1 is 1.06 bits per heavy atom. The molecule has 0 radical (unpaired) electrons. The summed E-state index contributed by atoms with van der Waals surface area (Å²) >= 11 is 0. The molecule has 0 aliphatic rings. The molecule has 32 heavy (non-hydrogen) atoms. The van der Waals surface area contributed by atoms with Crippen LogP contribution in [0.3, 0.4) is 0 Å². The van der Waals surface area contributed by atoms with Gasteiger partial charge in [-0.2, -0.15) is 0 Å². The van der Waals surface area contributed by atoms with Crippen LogP contribution in [-0.2, 0) is 6.54 Å². The summed E-state index contributed by atoms with van der Waals surface area (Å²) in [5.74, 6) is 1.17. The second-order valence-corrected chi connectivity index (χ2v) is 8.17. The molecule has 1 heterocycles. The number of ether oxygens (including phenoxy) is 1. The van der Waals surface area contributed by atoms with Crippen LogP contribution in [0.25, 0.3) is 22.6 Å². The molecule has 5 heteroatoms. The summed E-state index contributed by atoms with van der Waals surface area (Å²) in [6.45, 7) is 8.65. The van der Waals surface area contributed by atoms with Crippen LogP contribution < -0.4 is 10.1 Å². The molecule has 0 bridgehead atoms. The number of carbonyl (C=O) groups excluding carboxylic acids is 1. The maximum absolute atomic E-state index is 12.6. The van der Waals surface area contributed by atoms with E-state index in [4.69, 9.17) is 9.15 Å². The molecule has 1 atom stereocenters. The number of oxazole rings is 1. The largest absolute Gasteiger partial charge is 0.491 e. The Labute approximate surface area is 188 Å². The summed E-state index contributed by atoms with van der Waals surface area (Å²) in [6, 6.07) is 19.2. The topological polar surface area (TPSA) is 64.4 Å². The third-order valence-electron chi connectivity index (χ3n) is 5.67. The van der Waals surface area contributed by atoms with E-state index in [1.165, 1.54) is 11.1 Å². The fraction of sp³-hybridized carbons (Fsp3) is 0.259. The average Bonchev–Trinajstić information content (AvgIpc) is 3.20. The fourth-order valence-corrected chi connectivity index (χ4v) is 3.38. The minimum absolute atomic E-state index is 0.112. The van der Waals surface area contributed by atoms with E-state index in [-0.39, 0.29) is 12.0 Å². The summed E-state index contributed by atoms with van der Waals surface area (Å²) in [6.07, 6.45) is 1.02. The number of hydrogen-bond donors (Lipinski definition) is 1. The minimum Gasteiger partial charge on any atom is -0.491 e. The molecular formula is C27H28N2O3. The van der Waals surface area contributed by atoms with Crippen molar-refractivity contribution in [3.63, 3.8) is 0 Å². The zero-order chi connectivity index (χ0) is 22.7. The number of carbonyl (C=O) groups is 1. The van der Waals surface area contributed by atoms with Gasteiger partial charge in [-0.15, -0.1) is 0 Å². The standard InChI is InChI=1S/C27H28N2O3/c1-5-19(4)31-23-8-6-7-22(15-23)26(30)28-16-20-9-11-21(12-10-20)27-29-24-13-17(2)18(3)14-25(24)32-27/h6-15,19H,5,16H2,1-4H3,(H,28,30). The van der Waals surface area contributed by atoms with Crippen LogP contribution in [0.2, 0.25) is 0 Å². The molecule has 0 aliphatic carbocycles. The minimum atomic E-state index is -0.131. The van der Waals surface area contributed by atoms with Crippen LogP contribution in [-0.4, -0.2) is 17.0 Å². The molecule has 0 fully saturated rings. The zero-order valence-electron chi connectivity index (χ0n) is 18.9. The predicted octanol–water partition coefficient (Wildman–Crippen LogP) is 6.22. The monoisotopic (exact) mass is 428 g/mol. The normalized spacial score (nSPS) is 12.0. The van der Waals surface area contributed by atoms with Gasteiger partial charge in [0, 0.05) is 17.7 Å². The van der Waals surface area contributed by atoms with Crippen molar-refractivity contribution in [2.45, 2.75) is 46.8 Å². The van der Waals surface area contributed by atoms with Crippen molar-refractivity contribution in [3.05, 3.63) is 82.9 Å². The van der Waals surface area contributed by atoms with E-state index in [1.54, 1.807) is 12.1 Å². The van der Waals surface area contributed by atoms with Gasteiger partial charge in [-0.05, 0) is 86.3 Å². The van der Waals surface area contributed by atoms with Crippen molar-refractivity contribution in [1.82, 2.24) is 10.3 Å². The van der Waals surface area contributed by atoms with Crippen molar-refractivity contribution in [3.8, 4) is 17.2 Å². The summed E-state index contributed by atoms with van der Waals surface area (Å²) in [5.41, 5.74) is 6.51. The van der Waals surface area contributed by atoms with E-state index < -0.39 is 0 Å². The van der Waals surface area contributed by atoms with E-state index in [0.717, 1.165) is 28.6 Å². The summed E-state index contributed by atoms with van der Waals surface area (Å²) < 4.78 is 11.8. The van der Waals surface area contributed by atoms with Crippen LogP contribution in [0, 0.1) is 13.8 Å². The molecule has 1 N–H and O–H groups in total. The molecule has 4 rings (SSSR count). The number of hydrogen-bond acceptors (Lipinski definition) is 4. The molecule has 1 amide bonds. The highest BCUT2D eigenvalue weighted by atomic mass is 16.5. The molecule has 5 nitrogen and oxygen atoms in total. The molecule has 0 spiro atoms. The Balaban J connectivity index is 1.41. The number of fused-ring (bicyclic) bond motifs is 1. The lowest BCUT2D eigenvalue weighted by Crippen LogP contribution is -2.22. The number of nitrogens with one attached hydrogen (secondary N) is 1. The number of rotatable bonds is 7. The van der Waals surface area contributed by atoms with Crippen LogP contribution in [0.5, 0.6) is 5.75 Å². The molecule has 0 saturated carbocycles. The Morgan fingerprint density at radius 2 is 1.81 bits per heavy atom. The smallest absolute Gasteiger partial charge is 0.251 e. The quantitative estimate of drug-likeness (QED) is 0.380. The van der Waals surface area contributed by atoms with E-state index >= 15 is 0 Å². The van der Waals surface area contributed by atoms with Crippen LogP contribution in [0.15, 0.2) is 65.1 Å². The van der Waals surface area contributed by atoms with Gasteiger partial charge in [-0.25, -0.2) is 4.98 Å². The first-order valence-electron chi connectivity index (χ1n) is 10.9. The third kappa shape index (κ3) is 4.83. The highest BCUT2D eigenvalue weighted by Crippen LogP contribution is 2.26. The SMILES string of the molecule is CCC(C)Oc1cccc(C(=O)NCc2ccc(-c3nc4cc(C)c(C)cc4o3)cc2)c1. The van der Waals surface area contributed by atoms with Gasteiger partial charge in [-0.1, -0.05) is 25.1 Å². The van der Waals surface area contributed by atoms with Crippen LogP contribution >= 0.6 is 0 Å². The molecule has 0 aliphatic heterocycles. The number of amides is 1. The van der Waals surface area contributed by atoms with Gasteiger partial charge in [0.1, 0.15) is 11.3 Å². The molecule has 1 unspecified atom stereocenters. The first-order chi connectivity index (χ1) is 15.4. The van der Waals surface area contributed by atoms with Crippen molar-refractivity contribution in [1.29, 1.82) is 0 Å². The second-order valence-electron chi connectivity index (χ2n) is 8.17. The lowest BCUT2D eigenvalue weighted by Gasteiger charge is -2.13. The van der Waals surface area contributed by atoms with Crippen LogP contribution in [0.4, 0.5) is 0 Å². The highest BCUT2D eigenvalue weighted by molar-refractivity contribution is 5.94. The van der Waals surface area contributed by atoms with E-state index in [1.807, 2.05) is 55.5 Å². The number of nitrogens with zero attached hydrogens (tertiary/aromatic N) is 1. The molecular weight excluding hydrogens is 400 g/mol. The molecule has 4 aromatic rings. The Kier molecular flexibility index (Phi) is 6.26. The van der Waals surface area contributed by atoms with Crippen molar-refractivity contribution in [2.75, 3.05) is 0 Å². The van der Waals surface area contributed by atoms with E-state index in [2.05, 4.69) is 31.1 Å². The van der Waals surface area contributed by atoms with Crippen molar-refractivity contribution >= 4 is 17.0 Å². The molecule has 164 valence electrons. The lowest BCUT2D eigenvalue weighted by atomic mass is 10.1. The van der Waals surface area contributed by atoms with Gasteiger partial charge in [0.15, 0.2) is 5.58 Å². The second kappa shape index (κ2) is 9.27. The summed E-state index contributed by atoms with van der Waals surface area (Å²) in [4.78, 5) is 17.2. The third-order valence-corrected chi connectivity index (χ3v) is 5.67. The summed E-state index contributed by atoms with van der Waals surface area (Å²) in [7, 11) is 0. The predicted molar refractivity (Wildman–Crippen MR) is 127 cm³/mol. The molecule has 1 aromatic heterocycles. The molecule has 3 aromatic carbocycles. The lowest BCUT2D eigenvalue weighted by molar-refractivity contribution is 0.0950. The van der Waals surface area contributed by atoms with Crippen molar-refractivity contribution in [2.24, 2.45) is 0 Å². The maximum atomic E-state index is 12.6. The van der Waals surface area contributed by atoms with E-state index in [9.17, 15) is 4.79 Å². The number of benzene rings is 3. The fourth-order valence-electron chi connectivity index (χ4n) is 3.38. The van der Waals surface area contributed by atoms with Gasteiger partial charge >= 0.3 is 0 Å². The number of aryl methyl sites for hydroxylation is 2. The zero-order valence-corrected chi connectivity index (χ0v) is 18.9. The first kappa shape index (κ1) is 21.6. The van der Waals surface area contributed by atoms with Gasteiger partial charge < -0.3 is 14.5 Å². The first-order valence-corrected chi connectivity index (χ1v) is 10.9. The molecule has 0 saturated heterocycles. The number of aromatic nitrogens is 1. The Hall–Kier alpha value is -3.60. The Morgan fingerprint density at radius 3 is 2.56 bits per heavy atom. The van der Waals surface area contributed by atoms with Gasteiger partial charge in [-0.3, -0.25) is 4.79 Å². The van der Waals surface area contributed by atoms with Crippen LogP contribution in [0.1, 0.15) is 47.3 Å². The Bertz CT molecular complexity index is 1200. The van der Waals surface area contributed by atoms with E-state index in [0.29, 0.717) is 23.7 Å². The highest BCUT2D eigenvalue weighted by Gasteiger charge is 2.11. The average molecular weight is 429 g/mol. The van der Waals surface area contributed by atoms with Gasteiger partial charge in [0.2, 0.25) is 5.89 Å².